The van der Waals surface area contributed by atoms with Crippen LogP contribution in [0.2, 0.25) is 0 Å². The van der Waals surface area contributed by atoms with E-state index in [1.807, 2.05) is 0 Å². The van der Waals surface area contributed by atoms with Gasteiger partial charge in [-0.3, -0.25) is 0 Å². The van der Waals surface area contributed by atoms with Crippen LogP contribution in [0.5, 0.6) is 0 Å². The monoisotopic (exact) mass is 174 g/mol. The molecule has 1 fully saturated rings. The van der Waals surface area contributed by atoms with Crippen LogP contribution < -0.4 is 0 Å². The first-order valence-corrected chi connectivity index (χ1v) is 5.55. The van der Waals surface area contributed by atoms with Crippen LogP contribution in [0.4, 0.5) is 0 Å². The van der Waals surface area contributed by atoms with Gasteiger partial charge in [0.15, 0.2) is 0 Å². The van der Waals surface area contributed by atoms with Crippen LogP contribution in [0.1, 0.15) is 52.4 Å². The molecule has 11 heavy (non-hydrogen) atoms. The van der Waals surface area contributed by atoms with Crippen molar-refractivity contribution in [3.05, 3.63) is 0 Å². The summed E-state index contributed by atoms with van der Waals surface area (Å²) in [6.45, 7) is 4.46. The fraction of sp³-hybridized carbons (Fsp3) is 1.00. The van der Waals surface area contributed by atoms with Crippen LogP contribution in [0.25, 0.3) is 0 Å². The number of rotatable bonds is 1. The fourth-order valence-electron chi connectivity index (χ4n) is 1.31. The summed E-state index contributed by atoms with van der Waals surface area (Å²) in [6.07, 6.45) is 8.62. The van der Waals surface area contributed by atoms with Crippen molar-refractivity contribution in [2.75, 3.05) is 5.75 Å². The second-order valence-corrected chi connectivity index (χ2v) is 3.91. The Kier molecular flexibility index (Phi) is 8.72. The Morgan fingerprint density at radius 1 is 1.18 bits per heavy atom. The first-order valence-electron chi connectivity index (χ1n) is 4.92. The van der Waals surface area contributed by atoms with Gasteiger partial charge in [-0.05, 0) is 18.1 Å². The molecule has 1 rings (SSSR count). The van der Waals surface area contributed by atoms with Gasteiger partial charge in [-0.25, -0.2) is 0 Å². The molecular weight excluding hydrogens is 152 g/mol. The SMILES string of the molecule is CC1CCCCC1.CCCS. The number of hydrogen-bond donors (Lipinski definition) is 1. The van der Waals surface area contributed by atoms with Gasteiger partial charge in [0.1, 0.15) is 0 Å². The first-order chi connectivity index (χ1) is 5.31. The van der Waals surface area contributed by atoms with Crippen LogP contribution in [-0.4, -0.2) is 5.75 Å². The standard InChI is InChI=1S/C7H14.C3H8S/c1-7-5-3-2-4-6-7;1-2-3-4/h7H,2-6H2,1H3;4H,2-3H2,1H3. The summed E-state index contributed by atoms with van der Waals surface area (Å²) in [5.74, 6) is 2.05. The maximum atomic E-state index is 3.92. The molecule has 0 amide bonds. The molecule has 0 saturated heterocycles. The summed E-state index contributed by atoms with van der Waals surface area (Å²) in [4.78, 5) is 0. The Hall–Kier alpha value is 0.350. The third-order valence-corrected chi connectivity index (χ3v) is 2.56. The summed E-state index contributed by atoms with van der Waals surface area (Å²) in [6, 6.07) is 0. The first kappa shape index (κ1) is 11.4. The van der Waals surface area contributed by atoms with E-state index in [0.717, 1.165) is 11.7 Å². The van der Waals surface area contributed by atoms with E-state index in [2.05, 4.69) is 26.5 Å². The van der Waals surface area contributed by atoms with Gasteiger partial charge in [0.2, 0.25) is 0 Å². The van der Waals surface area contributed by atoms with Crippen molar-refractivity contribution in [1.29, 1.82) is 0 Å². The topological polar surface area (TPSA) is 0 Å². The van der Waals surface area contributed by atoms with E-state index in [0.29, 0.717) is 0 Å². The van der Waals surface area contributed by atoms with Gasteiger partial charge in [0.25, 0.3) is 0 Å². The van der Waals surface area contributed by atoms with Gasteiger partial charge < -0.3 is 0 Å². The lowest BCUT2D eigenvalue weighted by Crippen LogP contribution is -1.99. The summed E-state index contributed by atoms with van der Waals surface area (Å²) in [5, 5.41) is 0. The molecule has 68 valence electrons. The molecule has 0 aliphatic heterocycles. The highest BCUT2D eigenvalue weighted by Gasteiger charge is 2.05. The van der Waals surface area contributed by atoms with E-state index < -0.39 is 0 Å². The van der Waals surface area contributed by atoms with E-state index in [1.165, 1.54) is 38.5 Å². The van der Waals surface area contributed by atoms with Crippen LogP contribution in [0.15, 0.2) is 0 Å². The lowest BCUT2D eigenvalue weighted by atomic mass is 9.91. The van der Waals surface area contributed by atoms with Crippen molar-refractivity contribution >= 4 is 12.6 Å². The fourth-order valence-corrected chi connectivity index (χ4v) is 1.31. The maximum Gasteiger partial charge on any atom is -0.0101 e. The summed E-state index contributed by atoms with van der Waals surface area (Å²) >= 11 is 3.92. The van der Waals surface area contributed by atoms with Gasteiger partial charge >= 0.3 is 0 Å². The molecule has 1 saturated carbocycles. The Morgan fingerprint density at radius 2 is 1.64 bits per heavy atom. The zero-order chi connectivity index (χ0) is 8.53. The molecule has 0 spiro atoms. The van der Waals surface area contributed by atoms with Gasteiger partial charge in [-0.2, -0.15) is 12.6 Å². The Balaban J connectivity index is 0.000000218. The van der Waals surface area contributed by atoms with Gasteiger partial charge in [-0.15, -0.1) is 0 Å². The normalized spacial score (nSPS) is 18.8. The van der Waals surface area contributed by atoms with Crippen molar-refractivity contribution in [3.8, 4) is 0 Å². The molecule has 0 radical (unpaired) electrons. The third-order valence-electron chi connectivity index (χ3n) is 2.12. The molecule has 0 bridgehead atoms. The largest absolute Gasteiger partial charge is 0.179 e. The average molecular weight is 174 g/mol. The zero-order valence-electron chi connectivity index (χ0n) is 7.97. The highest BCUT2D eigenvalue weighted by atomic mass is 32.1. The smallest absolute Gasteiger partial charge is 0.0101 e. The second-order valence-electron chi connectivity index (χ2n) is 3.47. The Labute approximate surface area is 77.2 Å². The van der Waals surface area contributed by atoms with Gasteiger partial charge in [-0.1, -0.05) is 46.0 Å². The van der Waals surface area contributed by atoms with E-state index in [9.17, 15) is 0 Å². The van der Waals surface area contributed by atoms with Crippen molar-refractivity contribution in [2.24, 2.45) is 5.92 Å². The number of hydrogen-bond acceptors (Lipinski definition) is 1. The molecule has 0 aromatic heterocycles. The Bertz CT molecular complexity index is 63.3. The van der Waals surface area contributed by atoms with E-state index >= 15 is 0 Å². The van der Waals surface area contributed by atoms with E-state index in [-0.39, 0.29) is 0 Å². The summed E-state index contributed by atoms with van der Waals surface area (Å²) in [5.41, 5.74) is 0. The molecule has 1 aliphatic carbocycles. The zero-order valence-corrected chi connectivity index (χ0v) is 8.87. The van der Waals surface area contributed by atoms with Crippen LogP contribution in [0.3, 0.4) is 0 Å². The molecule has 0 aromatic rings. The maximum absolute atomic E-state index is 3.92. The summed E-state index contributed by atoms with van der Waals surface area (Å²) in [7, 11) is 0. The third kappa shape index (κ3) is 8.25. The summed E-state index contributed by atoms with van der Waals surface area (Å²) < 4.78 is 0. The molecule has 0 unspecified atom stereocenters. The Morgan fingerprint density at radius 3 is 1.82 bits per heavy atom. The predicted molar refractivity (Wildman–Crippen MR) is 56.4 cm³/mol. The van der Waals surface area contributed by atoms with Crippen molar-refractivity contribution in [2.45, 2.75) is 52.4 Å². The minimum atomic E-state index is 1.01. The van der Waals surface area contributed by atoms with E-state index in [4.69, 9.17) is 0 Å². The molecule has 1 aliphatic rings. The number of thiol groups is 1. The van der Waals surface area contributed by atoms with Crippen molar-refractivity contribution < 1.29 is 0 Å². The molecule has 0 nitrogen and oxygen atoms in total. The van der Waals surface area contributed by atoms with Crippen LogP contribution in [-0.2, 0) is 0 Å². The van der Waals surface area contributed by atoms with Crippen LogP contribution in [0, 0.1) is 5.92 Å². The molecular formula is C10H22S. The lowest BCUT2D eigenvalue weighted by Gasteiger charge is -2.15. The second kappa shape index (κ2) is 8.45. The van der Waals surface area contributed by atoms with Crippen molar-refractivity contribution in [3.63, 3.8) is 0 Å². The molecule has 0 atom stereocenters. The minimum Gasteiger partial charge on any atom is -0.179 e. The van der Waals surface area contributed by atoms with Crippen molar-refractivity contribution in [1.82, 2.24) is 0 Å². The molecule has 1 heteroatoms. The van der Waals surface area contributed by atoms with Crippen LogP contribution >= 0.6 is 12.6 Å². The van der Waals surface area contributed by atoms with Gasteiger partial charge in [0, 0.05) is 0 Å². The molecule has 0 N–H and O–H groups in total. The highest BCUT2D eigenvalue weighted by Crippen LogP contribution is 2.21. The molecule has 0 heterocycles. The quantitative estimate of drug-likeness (QED) is 0.572. The minimum absolute atomic E-state index is 1.01. The predicted octanol–water partition coefficient (Wildman–Crippen LogP) is 3.91. The highest BCUT2D eigenvalue weighted by molar-refractivity contribution is 7.80. The average Bonchev–Trinajstić information content (AvgIpc) is 2.07. The lowest BCUT2D eigenvalue weighted by molar-refractivity contribution is 0.385. The van der Waals surface area contributed by atoms with E-state index in [1.54, 1.807) is 0 Å². The molecule has 0 aromatic carbocycles. The van der Waals surface area contributed by atoms with Gasteiger partial charge in [0.05, 0.1) is 0 Å².